The molecule has 0 spiro atoms. The number of ether oxygens (including phenoxy) is 1. The fourth-order valence-electron chi connectivity index (χ4n) is 2.35. The SMILES string of the molecule is CC1CN(C(=O)OC(C)(C)C)CC(=O)N1c1ccc(N)nc1. The van der Waals surface area contributed by atoms with Gasteiger partial charge in [-0.1, -0.05) is 0 Å². The molecule has 1 saturated heterocycles. The smallest absolute Gasteiger partial charge is 0.410 e. The molecule has 2 heterocycles. The van der Waals surface area contributed by atoms with Crippen LogP contribution in [0.3, 0.4) is 0 Å². The largest absolute Gasteiger partial charge is 0.444 e. The van der Waals surface area contributed by atoms with Gasteiger partial charge in [-0.3, -0.25) is 9.69 Å². The number of carbonyl (C=O) groups excluding carboxylic acids is 2. The van der Waals surface area contributed by atoms with Gasteiger partial charge >= 0.3 is 6.09 Å². The van der Waals surface area contributed by atoms with Crippen molar-refractivity contribution >= 4 is 23.5 Å². The summed E-state index contributed by atoms with van der Waals surface area (Å²) in [5.74, 6) is 0.229. The van der Waals surface area contributed by atoms with Gasteiger partial charge in [0.05, 0.1) is 17.9 Å². The Morgan fingerprint density at radius 1 is 1.41 bits per heavy atom. The molecule has 0 aliphatic carbocycles. The number of rotatable bonds is 1. The van der Waals surface area contributed by atoms with E-state index in [0.29, 0.717) is 18.1 Å². The number of nitrogens with two attached hydrogens (primary N) is 1. The van der Waals surface area contributed by atoms with Crippen LogP contribution in [0.15, 0.2) is 18.3 Å². The second-order valence-corrected chi connectivity index (χ2v) is 6.41. The summed E-state index contributed by atoms with van der Waals surface area (Å²) in [5.41, 5.74) is 5.66. The highest BCUT2D eigenvalue weighted by molar-refractivity contribution is 5.97. The molecule has 1 aromatic heterocycles. The monoisotopic (exact) mass is 306 g/mol. The van der Waals surface area contributed by atoms with Crippen LogP contribution in [0.25, 0.3) is 0 Å². The Balaban J connectivity index is 2.10. The molecule has 1 aliphatic heterocycles. The lowest BCUT2D eigenvalue weighted by Gasteiger charge is -2.39. The van der Waals surface area contributed by atoms with Crippen molar-refractivity contribution in [3.8, 4) is 0 Å². The third kappa shape index (κ3) is 3.66. The molecule has 0 aromatic carbocycles. The van der Waals surface area contributed by atoms with Crippen LogP contribution in [0.1, 0.15) is 27.7 Å². The molecule has 0 radical (unpaired) electrons. The molecule has 2 N–H and O–H groups in total. The van der Waals surface area contributed by atoms with Crippen LogP contribution in [-0.2, 0) is 9.53 Å². The quantitative estimate of drug-likeness (QED) is 0.852. The van der Waals surface area contributed by atoms with Gasteiger partial charge in [0.2, 0.25) is 5.91 Å². The zero-order valence-electron chi connectivity index (χ0n) is 13.4. The van der Waals surface area contributed by atoms with Crippen LogP contribution >= 0.6 is 0 Å². The zero-order chi connectivity index (χ0) is 16.5. The van der Waals surface area contributed by atoms with Crippen molar-refractivity contribution in [2.45, 2.75) is 39.3 Å². The van der Waals surface area contributed by atoms with E-state index in [0.717, 1.165) is 0 Å². The Labute approximate surface area is 130 Å². The Kier molecular flexibility index (Phi) is 4.25. The third-order valence-corrected chi connectivity index (χ3v) is 3.22. The van der Waals surface area contributed by atoms with Crippen LogP contribution in [0.4, 0.5) is 16.3 Å². The van der Waals surface area contributed by atoms with Crippen molar-refractivity contribution in [1.29, 1.82) is 0 Å². The molecule has 7 nitrogen and oxygen atoms in total. The van der Waals surface area contributed by atoms with E-state index < -0.39 is 11.7 Å². The Hall–Kier alpha value is -2.31. The molecular formula is C15H22N4O3. The second-order valence-electron chi connectivity index (χ2n) is 6.41. The number of nitrogen functional groups attached to an aromatic ring is 1. The second kappa shape index (κ2) is 5.82. The van der Waals surface area contributed by atoms with Crippen LogP contribution in [-0.4, -0.2) is 46.6 Å². The Morgan fingerprint density at radius 2 is 2.09 bits per heavy atom. The highest BCUT2D eigenvalue weighted by atomic mass is 16.6. The maximum Gasteiger partial charge on any atom is 0.410 e. The Bertz CT molecular complexity index is 565. The van der Waals surface area contributed by atoms with Gasteiger partial charge in [-0.05, 0) is 39.8 Å². The van der Waals surface area contributed by atoms with Gasteiger partial charge in [0.25, 0.3) is 0 Å². The molecule has 1 aliphatic rings. The van der Waals surface area contributed by atoms with Crippen LogP contribution in [0.5, 0.6) is 0 Å². The highest BCUT2D eigenvalue weighted by Crippen LogP contribution is 2.22. The van der Waals surface area contributed by atoms with E-state index >= 15 is 0 Å². The number of nitrogens with zero attached hydrogens (tertiary/aromatic N) is 3. The maximum absolute atomic E-state index is 12.4. The summed E-state index contributed by atoms with van der Waals surface area (Å²) in [5, 5.41) is 0. The molecule has 120 valence electrons. The lowest BCUT2D eigenvalue weighted by Crippen LogP contribution is -2.57. The minimum Gasteiger partial charge on any atom is -0.444 e. The first-order valence-electron chi connectivity index (χ1n) is 7.19. The van der Waals surface area contributed by atoms with Gasteiger partial charge in [-0.15, -0.1) is 0 Å². The van der Waals surface area contributed by atoms with Crippen molar-refractivity contribution < 1.29 is 14.3 Å². The molecule has 1 aromatic rings. The standard InChI is InChI=1S/C15H22N4O3/c1-10-8-18(14(21)22-15(2,3)4)9-13(20)19(10)11-5-6-12(16)17-7-11/h5-7,10H,8-9H2,1-4H3,(H2,16,17). The number of piperazine rings is 1. The predicted octanol–water partition coefficient (Wildman–Crippen LogP) is 1.64. The Morgan fingerprint density at radius 3 is 2.59 bits per heavy atom. The molecular weight excluding hydrogens is 284 g/mol. The molecule has 22 heavy (non-hydrogen) atoms. The fraction of sp³-hybridized carbons (Fsp3) is 0.533. The van der Waals surface area contributed by atoms with E-state index in [9.17, 15) is 9.59 Å². The number of pyridine rings is 1. The van der Waals surface area contributed by atoms with Crippen molar-refractivity contribution in [3.63, 3.8) is 0 Å². The maximum atomic E-state index is 12.4. The van der Waals surface area contributed by atoms with Crippen molar-refractivity contribution in [3.05, 3.63) is 18.3 Å². The van der Waals surface area contributed by atoms with E-state index in [1.165, 1.54) is 4.90 Å². The van der Waals surface area contributed by atoms with Gasteiger partial charge in [-0.25, -0.2) is 9.78 Å². The summed E-state index contributed by atoms with van der Waals surface area (Å²) in [6, 6.07) is 3.23. The molecule has 2 rings (SSSR count). The van der Waals surface area contributed by atoms with E-state index in [4.69, 9.17) is 10.5 Å². The molecule has 7 heteroatoms. The lowest BCUT2D eigenvalue weighted by molar-refractivity contribution is -0.122. The van der Waals surface area contributed by atoms with Gasteiger partial charge in [0.15, 0.2) is 0 Å². The number of aromatic nitrogens is 1. The minimum absolute atomic E-state index is 0.0103. The fourth-order valence-corrected chi connectivity index (χ4v) is 2.35. The van der Waals surface area contributed by atoms with Gasteiger partial charge < -0.3 is 15.4 Å². The van der Waals surface area contributed by atoms with E-state index in [1.807, 2.05) is 6.92 Å². The number of carbonyl (C=O) groups is 2. The van der Waals surface area contributed by atoms with Crippen molar-refractivity contribution in [2.75, 3.05) is 23.7 Å². The molecule has 0 bridgehead atoms. The first-order valence-corrected chi connectivity index (χ1v) is 7.19. The lowest BCUT2D eigenvalue weighted by atomic mass is 10.1. The topological polar surface area (TPSA) is 88.8 Å². The summed E-state index contributed by atoms with van der Waals surface area (Å²) < 4.78 is 5.32. The average Bonchev–Trinajstić information content (AvgIpc) is 2.38. The van der Waals surface area contributed by atoms with Crippen LogP contribution in [0.2, 0.25) is 0 Å². The van der Waals surface area contributed by atoms with E-state index in [-0.39, 0.29) is 18.5 Å². The molecule has 0 saturated carbocycles. The predicted molar refractivity (Wildman–Crippen MR) is 83.4 cm³/mol. The van der Waals surface area contributed by atoms with Crippen molar-refractivity contribution in [2.24, 2.45) is 0 Å². The van der Waals surface area contributed by atoms with Crippen LogP contribution < -0.4 is 10.6 Å². The summed E-state index contributed by atoms with van der Waals surface area (Å²) in [6.45, 7) is 7.67. The van der Waals surface area contributed by atoms with E-state index in [1.54, 1.807) is 44.0 Å². The van der Waals surface area contributed by atoms with Gasteiger partial charge in [0, 0.05) is 6.54 Å². The molecule has 1 unspecified atom stereocenters. The number of hydrogen-bond acceptors (Lipinski definition) is 5. The van der Waals surface area contributed by atoms with Crippen LogP contribution in [0, 0.1) is 0 Å². The summed E-state index contributed by atoms with van der Waals surface area (Å²) in [4.78, 5) is 31.6. The summed E-state index contributed by atoms with van der Waals surface area (Å²) >= 11 is 0. The molecule has 1 atom stereocenters. The number of hydrogen-bond donors (Lipinski definition) is 1. The number of amides is 2. The zero-order valence-corrected chi connectivity index (χ0v) is 13.4. The third-order valence-electron chi connectivity index (χ3n) is 3.22. The summed E-state index contributed by atoms with van der Waals surface area (Å²) in [6.07, 6.45) is 1.09. The first-order chi connectivity index (χ1) is 10.2. The highest BCUT2D eigenvalue weighted by Gasteiger charge is 2.35. The normalized spacial score (nSPS) is 19.3. The first kappa shape index (κ1) is 16.1. The summed E-state index contributed by atoms with van der Waals surface area (Å²) in [7, 11) is 0. The average molecular weight is 306 g/mol. The van der Waals surface area contributed by atoms with Gasteiger partial charge in [0.1, 0.15) is 18.0 Å². The van der Waals surface area contributed by atoms with E-state index in [2.05, 4.69) is 4.98 Å². The number of anilines is 2. The molecule has 1 fully saturated rings. The van der Waals surface area contributed by atoms with Gasteiger partial charge in [-0.2, -0.15) is 0 Å². The molecule has 2 amide bonds. The van der Waals surface area contributed by atoms with Crippen molar-refractivity contribution in [1.82, 2.24) is 9.88 Å². The minimum atomic E-state index is -0.582.